The Morgan fingerprint density at radius 3 is 2.48 bits per heavy atom. The van der Waals surface area contributed by atoms with Gasteiger partial charge in [-0.1, -0.05) is 49.4 Å². The Labute approximate surface area is 138 Å². The topological polar surface area (TPSA) is 43.7 Å². The highest BCUT2D eigenvalue weighted by Gasteiger charge is 2.29. The predicted molar refractivity (Wildman–Crippen MR) is 92.5 cm³/mol. The normalized spacial score (nSPS) is 21.2. The Morgan fingerprint density at radius 1 is 1.09 bits per heavy atom. The van der Waals surface area contributed by atoms with Gasteiger partial charge in [-0.3, -0.25) is 4.90 Å². The van der Waals surface area contributed by atoms with E-state index in [-0.39, 0.29) is 12.0 Å². The molecule has 1 saturated heterocycles. The van der Waals surface area contributed by atoms with Gasteiger partial charge in [0.05, 0.1) is 6.10 Å². The van der Waals surface area contributed by atoms with Crippen LogP contribution in [0.15, 0.2) is 54.6 Å². The van der Waals surface area contributed by atoms with Crippen molar-refractivity contribution < 1.29 is 10.2 Å². The number of β-amino-alcohol motifs (C(OH)–C–C–N with tert-alkyl or cyclic N) is 1. The predicted octanol–water partition coefficient (Wildman–Crippen LogP) is 3.69. The summed E-state index contributed by atoms with van der Waals surface area (Å²) < 4.78 is 0. The molecular formula is C20H25NO2. The van der Waals surface area contributed by atoms with Gasteiger partial charge in [-0.2, -0.15) is 0 Å². The van der Waals surface area contributed by atoms with E-state index in [0.717, 1.165) is 19.4 Å². The fourth-order valence-electron chi connectivity index (χ4n) is 3.50. The number of aliphatic hydroxyl groups excluding tert-OH is 1. The summed E-state index contributed by atoms with van der Waals surface area (Å²) in [4.78, 5) is 2.37. The molecule has 0 saturated carbocycles. The molecule has 0 amide bonds. The third-order valence-electron chi connectivity index (χ3n) is 4.97. The number of phenols is 1. The van der Waals surface area contributed by atoms with Gasteiger partial charge in [0.2, 0.25) is 0 Å². The van der Waals surface area contributed by atoms with Crippen LogP contribution >= 0.6 is 0 Å². The molecule has 3 atom stereocenters. The van der Waals surface area contributed by atoms with Crippen LogP contribution in [0.25, 0.3) is 0 Å². The molecule has 23 heavy (non-hydrogen) atoms. The molecule has 2 aromatic rings. The van der Waals surface area contributed by atoms with E-state index in [2.05, 4.69) is 24.0 Å². The van der Waals surface area contributed by atoms with Crippen molar-refractivity contribution in [3.05, 3.63) is 65.7 Å². The van der Waals surface area contributed by atoms with Crippen LogP contribution in [-0.4, -0.2) is 34.3 Å². The van der Waals surface area contributed by atoms with Gasteiger partial charge < -0.3 is 10.2 Å². The summed E-state index contributed by atoms with van der Waals surface area (Å²) in [7, 11) is 0. The fraction of sp³-hybridized carbons (Fsp3) is 0.400. The minimum absolute atomic E-state index is 0.122. The lowest BCUT2D eigenvalue weighted by molar-refractivity contribution is 0.0882. The number of benzene rings is 2. The van der Waals surface area contributed by atoms with Gasteiger partial charge in [-0.25, -0.2) is 0 Å². The number of hydrogen-bond donors (Lipinski definition) is 2. The minimum Gasteiger partial charge on any atom is -0.508 e. The van der Waals surface area contributed by atoms with Crippen molar-refractivity contribution in [2.45, 2.75) is 37.8 Å². The maximum atomic E-state index is 10.7. The molecule has 1 heterocycles. The Bertz CT molecular complexity index is 611. The summed E-state index contributed by atoms with van der Waals surface area (Å²) in [5.74, 6) is 0.424. The van der Waals surface area contributed by atoms with Crippen molar-refractivity contribution in [2.24, 2.45) is 0 Å². The second-order valence-electron chi connectivity index (χ2n) is 6.51. The molecule has 3 rings (SSSR count). The van der Waals surface area contributed by atoms with Gasteiger partial charge in [0.25, 0.3) is 0 Å². The summed E-state index contributed by atoms with van der Waals surface area (Å²) >= 11 is 0. The van der Waals surface area contributed by atoms with Crippen LogP contribution in [0.2, 0.25) is 0 Å². The van der Waals surface area contributed by atoms with Crippen LogP contribution in [0.4, 0.5) is 0 Å². The molecule has 0 aromatic heterocycles. The fourth-order valence-corrected chi connectivity index (χ4v) is 3.50. The molecule has 1 aliphatic rings. The third kappa shape index (κ3) is 3.74. The maximum absolute atomic E-state index is 10.7. The molecule has 3 heteroatoms. The molecule has 0 bridgehead atoms. The van der Waals surface area contributed by atoms with E-state index in [9.17, 15) is 10.2 Å². The smallest absolute Gasteiger partial charge is 0.115 e. The largest absolute Gasteiger partial charge is 0.508 e. The zero-order valence-corrected chi connectivity index (χ0v) is 13.6. The summed E-state index contributed by atoms with van der Waals surface area (Å²) in [5, 5.41) is 20.1. The van der Waals surface area contributed by atoms with E-state index in [0.29, 0.717) is 18.3 Å². The number of likely N-dealkylation sites (tertiary alicyclic amines) is 1. The van der Waals surface area contributed by atoms with Crippen molar-refractivity contribution in [3.8, 4) is 5.75 Å². The van der Waals surface area contributed by atoms with Crippen LogP contribution in [0.3, 0.4) is 0 Å². The summed E-state index contributed by atoms with van der Waals surface area (Å²) in [6.07, 6.45) is 1.88. The first kappa shape index (κ1) is 16.0. The highest BCUT2D eigenvalue weighted by Crippen LogP contribution is 2.33. The van der Waals surface area contributed by atoms with Gasteiger partial charge in [0.1, 0.15) is 5.75 Å². The molecule has 1 fully saturated rings. The number of aliphatic hydroxyl groups is 1. The minimum atomic E-state index is -0.380. The lowest BCUT2D eigenvalue weighted by Gasteiger charge is -2.29. The van der Waals surface area contributed by atoms with E-state index < -0.39 is 0 Å². The number of phenolic OH excluding ortho intramolecular Hbond substituents is 1. The van der Waals surface area contributed by atoms with Gasteiger partial charge in [-0.15, -0.1) is 0 Å². The number of aromatic hydroxyl groups is 1. The van der Waals surface area contributed by atoms with Gasteiger partial charge in [-0.05, 0) is 42.6 Å². The first-order valence-corrected chi connectivity index (χ1v) is 8.41. The number of rotatable bonds is 5. The number of nitrogens with zero attached hydrogens (tertiary/aromatic N) is 1. The molecule has 3 unspecified atom stereocenters. The third-order valence-corrected chi connectivity index (χ3v) is 4.97. The average molecular weight is 311 g/mol. The molecule has 3 nitrogen and oxygen atoms in total. The Morgan fingerprint density at radius 2 is 1.78 bits per heavy atom. The van der Waals surface area contributed by atoms with Crippen LogP contribution in [0.1, 0.15) is 42.9 Å². The monoisotopic (exact) mass is 311 g/mol. The van der Waals surface area contributed by atoms with Gasteiger partial charge in [0.15, 0.2) is 0 Å². The molecule has 0 radical (unpaired) electrons. The van der Waals surface area contributed by atoms with E-state index in [1.165, 1.54) is 11.1 Å². The Hall–Kier alpha value is -1.84. The maximum Gasteiger partial charge on any atom is 0.115 e. The van der Waals surface area contributed by atoms with Crippen molar-refractivity contribution in [3.63, 3.8) is 0 Å². The highest BCUT2D eigenvalue weighted by atomic mass is 16.3. The molecule has 0 aliphatic carbocycles. The van der Waals surface area contributed by atoms with Crippen LogP contribution < -0.4 is 0 Å². The average Bonchev–Trinajstić information content (AvgIpc) is 3.03. The quantitative estimate of drug-likeness (QED) is 0.885. The summed E-state index contributed by atoms with van der Waals surface area (Å²) in [5.41, 5.74) is 2.40. The highest BCUT2D eigenvalue weighted by molar-refractivity contribution is 5.28. The molecule has 1 aliphatic heterocycles. The first-order chi connectivity index (χ1) is 11.1. The van der Waals surface area contributed by atoms with E-state index in [1.54, 1.807) is 12.1 Å². The van der Waals surface area contributed by atoms with Crippen LogP contribution in [0, 0.1) is 0 Å². The molecule has 0 spiro atoms. The van der Waals surface area contributed by atoms with E-state index in [1.807, 2.05) is 30.3 Å². The summed E-state index contributed by atoms with van der Waals surface area (Å²) in [6.45, 7) is 3.79. The van der Waals surface area contributed by atoms with Crippen LogP contribution in [-0.2, 0) is 0 Å². The molecule has 122 valence electrons. The molecule has 2 aromatic carbocycles. The van der Waals surface area contributed by atoms with Crippen molar-refractivity contribution in [2.75, 3.05) is 13.1 Å². The molecular weight excluding hydrogens is 286 g/mol. The lowest BCUT2D eigenvalue weighted by atomic mass is 9.94. The Kier molecular flexibility index (Phi) is 4.99. The van der Waals surface area contributed by atoms with E-state index in [4.69, 9.17) is 0 Å². The lowest BCUT2D eigenvalue weighted by Crippen LogP contribution is -2.34. The second-order valence-corrected chi connectivity index (χ2v) is 6.51. The SMILES string of the molecule is CC(c1ccccc1)C(O)CN1CCCC1c1ccc(O)cc1. The Balaban J connectivity index is 1.67. The first-order valence-electron chi connectivity index (χ1n) is 8.41. The van der Waals surface area contributed by atoms with Crippen molar-refractivity contribution in [1.29, 1.82) is 0 Å². The molecule has 2 N–H and O–H groups in total. The van der Waals surface area contributed by atoms with E-state index >= 15 is 0 Å². The van der Waals surface area contributed by atoms with Crippen molar-refractivity contribution in [1.82, 2.24) is 4.90 Å². The van der Waals surface area contributed by atoms with Crippen LogP contribution in [0.5, 0.6) is 5.75 Å². The van der Waals surface area contributed by atoms with Crippen molar-refractivity contribution >= 4 is 0 Å². The standard InChI is InChI=1S/C20H25NO2/c1-15(16-6-3-2-4-7-16)20(23)14-21-13-5-8-19(21)17-9-11-18(22)12-10-17/h2-4,6-7,9-12,15,19-20,22-23H,5,8,13-14H2,1H3. The zero-order valence-electron chi connectivity index (χ0n) is 13.6. The summed E-state index contributed by atoms with van der Waals surface area (Å²) in [6, 6.07) is 18.0. The number of hydrogen-bond acceptors (Lipinski definition) is 3. The second kappa shape index (κ2) is 7.16. The zero-order chi connectivity index (χ0) is 16.2. The van der Waals surface area contributed by atoms with Gasteiger partial charge >= 0.3 is 0 Å². The van der Waals surface area contributed by atoms with Gasteiger partial charge in [0, 0.05) is 18.5 Å².